The van der Waals surface area contributed by atoms with Gasteiger partial charge < -0.3 is 0 Å². The molecule has 4 rings (SSSR count). The highest BCUT2D eigenvalue weighted by molar-refractivity contribution is 7.88. The molecule has 33 heavy (non-hydrogen) atoms. The molecule has 1 aromatic carbocycles. The summed E-state index contributed by atoms with van der Waals surface area (Å²) in [6, 6.07) is 3.29. The van der Waals surface area contributed by atoms with Crippen LogP contribution in [0.3, 0.4) is 0 Å². The molecule has 7 nitrogen and oxygen atoms in total. The Hall–Kier alpha value is -2.50. The fourth-order valence-corrected chi connectivity index (χ4v) is 5.91. The highest BCUT2D eigenvalue weighted by atomic mass is 32.2. The molecule has 0 spiro atoms. The fraction of sp³-hybridized carbons (Fsp3) is 0.409. The van der Waals surface area contributed by atoms with Crippen LogP contribution in [0.1, 0.15) is 49.2 Å². The number of hydrogen-bond acceptors (Lipinski definition) is 6. The first kappa shape index (κ1) is 23.7. The molecular weight excluding hydrogens is 470 g/mol. The lowest BCUT2D eigenvalue weighted by molar-refractivity contribution is 0.411. The van der Waals surface area contributed by atoms with Gasteiger partial charge in [-0.15, -0.1) is 11.3 Å². The topological polar surface area (TPSA) is 93.9 Å². The maximum atomic E-state index is 14.2. The third kappa shape index (κ3) is 4.90. The van der Waals surface area contributed by atoms with E-state index in [4.69, 9.17) is 0 Å². The van der Waals surface area contributed by atoms with Gasteiger partial charge in [0.2, 0.25) is 10.0 Å². The number of benzene rings is 1. The van der Waals surface area contributed by atoms with E-state index in [2.05, 4.69) is 14.7 Å². The van der Waals surface area contributed by atoms with Crippen LogP contribution < -0.4 is 10.3 Å². The number of fused-ring (bicyclic) bond motifs is 1. The third-order valence-electron chi connectivity index (χ3n) is 5.75. The molecule has 0 bridgehead atoms. The van der Waals surface area contributed by atoms with E-state index in [1.807, 2.05) is 13.8 Å². The second kappa shape index (κ2) is 9.03. The third-order valence-corrected chi connectivity index (χ3v) is 7.40. The van der Waals surface area contributed by atoms with Crippen LogP contribution in [-0.4, -0.2) is 35.3 Å². The second-order valence-electron chi connectivity index (χ2n) is 8.50. The molecule has 0 saturated heterocycles. The van der Waals surface area contributed by atoms with Crippen LogP contribution in [0.2, 0.25) is 0 Å². The number of nitrogens with zero attached hydrogens (tertiary/aromatic N) is 3. The van der Waals surface area contributed by atoms with Crippen LogP contribution in [-0.2, 0) is 22.9 Å². The zero-order chi connectivity index (χ0) is 23.9. The summed E-state index contributed by atoms with van der Waals surface area (Å²) in [5.74, 6) is -2.42. The molecule has 1 aliphatic carbocycles. The maximum absolute atomic E-state index is 14.2. The highest BCUT2D eigenvalue weighted by Gasteiger charge is 2.35. The lowest BCUT2D eigenvalue weighted by atomic mass is 9.80. The number of thiazole rings is 1. The summed E-state index contributed by atoms with van der Waals surface area (Å²) in [6.07, 6.45) is 3.83. The van der Waals surface area contributed by atoms with Gasteiger partial charge in [-0.05, 0) is 45.2 Å². The van der Waals surface area contributed by atoms with Gasteiger partial charge >= 0.3 is 0 Å². The Morgan fingerprint density at radius 2 is 2.06 bits per heavy atom. The van der Waals surface area contributed by atoms with E-state index in [9.17, 15) is 22.0 Å². The van der Waals surface area contributed by atoms with Gasteiger partial charge in [0.1, 0.15) is 5.01 Å². The Labute approximate surface area is 194 Å². The van der Waals surface area contributed by atoms with E-state index < -0.39 is 33.6 Å². The van der Waals surface area contributed by atoms with Crippen molar-refractivity contribution >= 4 is 21.4 Å². The van der Waals surface area contributed by atoms with Crippen molar-refractivity contribution in [2.45, 2.75) is 51.1 Å². The number of halogens is 2. The van der Waals surface area contributed by atoms with E-state index >= 15 is 0 Å². The molecule has 11 heteroatoms. The summed E-state index contributed by atoms with van der Waals surface area (Å²) in [6.45, 7) is 3.75. The van der Waals surface area contributed by atoms with Crippen LogP contribution >= 0.6 is 11.3 Å². The Morgan fingerprint density at radius 3 is 2.76 bits per heavy atom. The van der Waals surface area contributed by atoms with Crippen LogP contribution in [0, 0.1) is 11.6 Å². The van der Waals surface area contributed by atoms with Gasteiger partial charge in [-0.25, -0.2) is 31.9 Å². The van der Waals surface area contributed by atoms with Crippen LogP contribution in [0.4, 0.5) is 8.78 Å². The Balaban J connectivity index is 1.76. The molecule has 0 fully saturated rings. The molecule has 3 aromatic rings. The average Bonchev–Trinajstić information content (AvgIpc) is 3.19. The number of sulfonamides is 1. The number of hydrogen-bond donors (Lipinski definition) is 1. The Bertz CT molecular complexity index is 1350. The van der Waals surface area contributed by atoms with Gasteiger partial charge in [0.25, 0.3) is 5.56 Å². The standard InChI is InChI=1S/C22H24F2N4O3S2/c1-12(2)28-11-25-18-8-7-17(27-33(3,30)31)15(19(18)22(28)29)9-13-10-32-21(26-13)14-5-4-6-16(23)20(14)24/h4-6,10-12,15,17,27H,7-9H2,1-3H3. The zero-order valence-corrected chi connectivity index (χ0v) is 20.0. The van der Waals surface area contributed by atoms with Gasteiger partial charge in [-0.2, -0.15) is 0 Å². The molecule has 2 atom stereocenters. The van der Waals surface area contributed by atoms with Crippen molar-refractivity contribution in [3.8, 4) is 10.6 Å². The molecular formula is C22H24F2N4O3S2. The molecule has 2 heterocycles. The Morgan fingerprint density at radius 1 is 1.30 bits per heavy atom. The van der Waals surface area contributed by atoms with E-state index in [0.717, 1.165) is 12.3 Å². The van der Waals surface area contributed by atoms with Gasteiger partial charge in [-0.1, -0.05) is 6.07 Å². The van der Waals surface area contributed by atoms with Gasteiger partial charge in [0, 0.05) is 34.5 Å². The zero-order valence-electron chi connectivity index (χ0n) is 18.4. The van der Waals surface area contributed by atoms with E-state index in [1.54, 1.807) is 5.38 Å². The van der Waals surface area contributed by atoms with Crippen molar-refractivity contribution in [3.63, 3.8) is 0 Å². The number of aromatic nitrogens is 3. The van der Waals surface area contributed by atoms with Gasteiger partial charge in [0.05, 0.1) is 24.0 Å². The predicted molar refractivity (Wildman–Crippen MR) is 123 cm³/mol. The fourth-order valence-electron chi connectivity index (χ4n) is 4.23. The van der Waals surface area contributed by atoms with Crippen LogP contribution in [0.15, 0.2) is 34.7 Å². The Kier molecular flexibility index (Phi) is 6.47. The summed E-state index contributed by atoms with van der Waals surface area (Å²) in [7, 11) is -3.53. The smallest absolute Gasteiger partial charge is 0.257 e. The number of rotatable bonds is 6. The molecule has 0 saturated carbocycles. The molecule has 1 aliphatic rings. The average molecular weight is 495 g/mol. The quantitative estimate of drug-likeness (QED) is 0.567. The first-order chi connectivity index (χ1) is 15.5. The lowest BCUT2D eigenvalue weighted by Gasteiger charge is -2.32. The summed E-state index contributed by atoms with van der Waals surface area (Å²) < 4.78 is 56.1. The van der Waals surface area contributed by atoms with Crippen LogP contribution in [0.25, 0.3) is 10.6 Å². The summed E-state index contributed by atoms with van der Waals surface area (Å²) in [4.78, 5) is 22.3. The molecule has 0 radical (unpaired) electrons. The van der Waals surface area contributed by atoms with Crippen molar-refractivity contribution < 1.29 is 17.2 Å². The first-order valence-corrected chi connectivity index (χ1v) is 13.3. The summed E-state index contributed by atoms with van der Waals surface area (Å²) in [5, 5.41) is 2.04. The van der Waals surface area contributed by atoms with Crippen LogP contribution in [0.5, 0.6) is 0 Å². The van der Waals surface area contributed by atoms with Gasteiger partial charge in [0.15, 0.2) is 11.6 Å². The summed E-state index contributed by atoms with van der Waals surface area (Å²) >= 11 is 1.17. The molecule has 1 N–H and O–H groups in total. The minimum absolute atomic E-state index is 0.0601. The molecule has 0 aliphatic heterocycles. The van der Waals surface area contributed by atoms with Crippen molar-refractivity contribution in [1.29, 1.82) is 0 Å². The highest BCUT2D eigenvalue weighted by Crippen LogP contribution is 2.34. The number of aryl methyl sites for hydroxylation is 1. The van der Waals surface area contributed by atoms with Crippen molar-refractivity contribution in [2.75, 3.05) is 6.26 Å². The maximum Gasteiger partial charge on any atom is 0.257 e. The monoisotopic (exact) mass is 494 g/mol. The largest absolute Gasteiger partial charge is 0.296 e. The second-order valence-corrected chi connectivity index (χ2v) is 11.1. The van der Waals surface area contributed by atoms with E-state index in [1.165, 1.54) is 34.4 Å². The minimum Gasteiger partial charge on any atom is -0.296 e. The molecule has 2 aromatic heterocycles. The van der Waals surface area contributed by atoms with Gasteiger partial charge in [-0.3, -0.25) is 9.36 Å². The van der Waals surface area contributed by atoms with E-state index in [-0.39, 0.29) is 23.6 Å². The number of nitrogens with one attached hydrogen (secondary N) is 1. The van der Waals surface area contributed by atoms with E-state index in [0.29, 0.717) is 34.8 Å². The summed E-state index contributed by atoms with van der Waals surface area (Å²) in [5.41, 5.74) is 1.55. The predicted octanol–water partition coefficient (Wildman–Crippen LogP) is 3.42. The minimum atomic E-state index is -3.53. The molecule has 2 unspecified atom stereocenters. The van der Waals surface area contributed by atoms with Crippen molar-refractivity contribution in [3.05, 3.63) is 68.8 Å². The molecule has 0 amide bonds. The normalized spacial score (nSPS) is 18.5. The van der Waals surface area contributed by atoms with Crippen molar-refractivity contribution in [2.24, 2.45) is 0 Å². The lowest BCUT2D eigenvalue weighted by Crippen LogP contribution is -2.45. The van der Waals surface area contributed by atoms with Crippen molar-refractivity contribution in [1.82, 2.24) is 19.3 Å². The molecule has 176 valence electrons. The SMILES string of the molecule is CC(C)n1cnc2c(c1=O)C(Cc1csc(-c3cccc(F)c3F)n1)C(NS(C)(=O)=O)CC2. The first-order valence-electron chi connectivity index (χ1n) is 10.5.